The van der Waals surface area contributed by atoms with Gasteiger partial charge in [-0.1, -0.05) is 0 Å². The van der Waals surface area contributed by atoms with E-state index < -0.39 is 11.6 Å². The average molecular weight is 284 g/mol. The van der Waals surface area contributed by atoms with E-state index in [1.807, 2.05) is 6.92 Å². The summed E-state index contributed by atoms with van der Waals surface area (Å²) in [6.45, 7) is 2.50. The number of halogens is 2. The molecule has 1 N–H and O–H groups in total. The Morgan fingerprint density at radius 1 is 1.42 bits per heavy atom. The molecule has 1 aromatic carbocycles. The van der Waals surface area contributed by atoms with Crippen LogP contribution in [0.15, 0.2) is 23.6 Å². The van der Waals surface area contributed by atoms with Crippen LogP contribution in [0.5, 0.6) is 0 Å². The molecule has 0 fully saturated rings. The van der Waals surface area contributed by atoms with Crippen LogP contribution < -0.4 is 5.32 Å². The molecule has 0 unspecified atom stereocenters. The maximum Gasteiger partial charge on any atom is 0.183 e. The first-order valence-corrected chi connectivity index (χ1v) is 6.64. The average Bonchev–Trinajstić information content (AvgIpc) is 2.81. The Morgan fingerprint density at radius 2 is 2.21 bits per heavy atom. The van der Waals surface area contributed by atoms with Gasteiger partial charge in [0.15, 0.2) is 5.13 Å². The lowest BCUT2D eigenvalue weighted by atomic mass is 10.1. The SMILES string of the molecule is COC[C@H](C)Nc1nc(-c2cc(F)ccc2F)cs1. The molecule has 0 bridgehead atoms. The predicted molar refractivity (Wildman–Crippen MR) is 72.4 cm³/mol. The molecule has 1 atom stereocenters. The molecule has 0 saturated heterocycles. The van der Waals surface area contributed by atoms with Gasteiger partial charge in [-0.15, -0.1) is 11.3 Å². The molecular weight excluding hydrogens is 270 g/mol. The molecule has 0 aliphatic carbocycles. The summed E-state index contributed by atoms with van der Waals surface area (Å²) in [4.78, 5) is 4.25. The standard InChI is InChI=1S/C13H14F2N2OS/c1-8(6-18-2)16-13-17-12(7-19-13)10-5-9(14)3-4-11(10)15/h3-5,7-8H,6H2,1-2H3,(H,16,17)/t8-/m0/s1. The minimum Gasteiger partial charge on any atom is -0.383 e. The number of methoxy groups -OCH3 is 1. The van der Waals surface area contributed by atoms with Gasteiger partial charge in [-0.05, 0) is 25.1 Å². The molecular formula is C13H14F2N2OS. The van der Waals surface area contributed by atoms with Gasteiger partial charge in [-0.3, -0.25) is 0 Å². The fourth-order valence-corrected chi connectivity index (χ4v) is 2.48. The summed E-state index contributed by atoms with van der Waals surface area (Å²) in [5.41, 5.74) is 0.595. The number of anilines is 1. The van der Waals surface area contributed by atoms with Crippen molar-refractivity contribution >= 4 is 16.5 Å². The van der Waals surface area contributed by atoms with E-state index in [0.29, 0.717) is 17.4 Å². The van der Waals surface area contributed by atoms with Gasteiger partial charge in [0.25, 0.3) is 0 Å². The monoisotopic (exact) mass is 284 g/mol. The van der Waals surface area contributed by atoms with Gasteiger partial charge in [-0.25, -0.2) is 13.8 Å². The number of aromatic nitrogens is 1. The smallest absolute Gasteiger partial charge is 0.183 e. The Bertz CT molecular complexity index is 559. The van der Waals surface area contributed by atoms with Crippen molar-refractivity contribution in [2.75, 3.05) is 19.0 Å². The largest absolute Gasteiger partial charge is 0.383 e. The highest BCUT2D eigenvalue weighted by atomic mass is 32.1. The second-order valence-electron chi connectivity index (χ2n) is 4.16. The second kappa shape index (κ2) is 6.08. The van der Waals surface area contributed by atoms with Gasteiger partial charge < -0.3 is 10.1 Å². The lowest BCUT2D eigenvalue weighted by Gasteiger charge is -2.10. The number of hydrogen-bond donors (Lipinski definition) is 1. The van der Waals surface area contributed by atoms with Crippen LogP contribution in [0.1, 0.15) is 6.92 Å². The van der Waals surface area contributed by atoms with Gasteiger partial charge >= 0.3 is 0 Å². The first-order valence-electron chi connectivity index (χ1n) is 5.76. The molecule has 2 rings (SSSR count). The van der Waals surface area contributed by atoms with Crippen LogP contribution in [0, 0.1) is 11.6 Å². The molecule has 2 aromatic rings. The summed E-state index contributed by atoms with van der Waals surface area (Å²) in [5, 5.41) is 5.48. The number of ether oxygens (including phenoxy) is 1. The summed E-state index contributed by atoms with van der Waals surface area (Å²) in [7, 11) is 1.62. The minimum atomic E-state index is -0.483. The zero-order chi connectivity index (χ0) is 13.8. The van der Waals surface area contributed by atoms with Crippen LogP contribution in [0.25, 0.3) is 11.3 Å². The number of nitrogens with one attached hydrogen (secondary N) is 1. The topological polar surface area (TPSA) is 34.1 Å². The number of benzene rings is 1. The van der Waals surface area contributed by atoms with Gasteiger partial charge in [0.1, 0.15) is 11.6 Å². The number of hydrogen-bond acceptors (Lipinski definition) is 4. The Balaban J connectivity index is 2.18. The minimum absolute atomic E-state index is 0.0985. The Hall–Kier alpha value is -1.53. The lowest BCUT2D eigenvalue weighted by Crippen LogP contribution is -2.20. The molecule has 6 heteroatoms. The lowest BCUT2D eigenvalue weighted by molar-refractivity contribution is 0.190. The van der Waals surface area contributed by atoms with Gasteiger partial charge in [0, 0.05) is 24.1 Å². The van der Waals surface area contributed by atoms with Crippen LogP contribution in [-0.4, -0.2) is 24.7 Å². The summed E-state index contributed by atoms with van der Waals surface area (Å²) in [5.74, 6) is -0.963. The Morgan fingerprint density at radius 3 is 2.95 bits per heavy atom. The van der Waals surface area contributed by atoms with Crippen molar-refractivity contribution < 1.29 is 13.5 Å². The van der Waals surface area contributed by atoms with E-state index in [4.69, 9.17) is 4.74 Å². The van der Waals surface area contributed by atoms with Gasteiger partial charge in [0.05, 0.1) is 12.3 Å². The first-order chi connectivity index (χ1) is 9.10. The number of nitrogens with zero attached hydrogens (tertiary/aromatic N) is 1. The van der Waals surface area contributed by atoms with Crippen molar-refractivity contribution in [2.45, 2.75) is 13.0 Å². The van der Waals surface area contributed by atoms with Crippen LogP contribution in [0.3, 0.4) is 0 Å². The second-order valence-corrected chi connectivity index (χ2v) is 5.02. The number of thiazole rings is 1. The fraction of sp³-hybridized carbons (Fsp3) is 0.308. The zero-order valence-corrected chi connectivity index (χ0v) is 11.4. The summed E-state index contributed by atoms with van der Waals surface area (Å²) < 4.78 is 31.7. The maximum atomic E-state index is 13.6. The highest BCUT2D eigenvalue weighted by molar-refractivity contribution is 7.14. The molecule has 0 aliphatic rings. The molecule has 0 saturated carbocycles. The Labute approximate surface area is 114 Å². The van der Waals surface area contributed by atoms with Crippen molar-refractivity contribution in [2.24, 2.45) is 0 Å². The van der Waals surface area contributed by atoms with E-state index in [1.54, 1.807) is 12.5 Å². The van der Waals surface area contributed by atoms with E-state index in [9.17, 15) is 8.78 Å². The van der Waals surface area contributed by atoms with Crippen molar-refractivity contribution in [3.63, 3.8) is 0 Å². The van der Waals surface area contributed by atoms with Gasteiger partial charge in [0.2, 0.25) is 0 Å². The summed E-state index contributed by atoms with van der Waals surface area (Å²) >= 11 is 1.35. The third-order valence-corrected chi connectivity index (χ3v) is 3.27. The van der Waals surface area contributed by atoms with E-state index in [2.05, 4.69) is 10.3 Å². The van der Waals surface area contributed by atoms with Crippen LogP contribution in [-0.2, 0) is 4.74 Å². The van der Waals surface area contributed by atoms with Crippen LogP contribution in [0.4, 0.5) is 13.9 Å². The van der Waals surface area contributed by atoms with Gasteiger partial charge in [-0.2, -0.15) is 0 Å². The molecule has 1 heterocycles. The molecule has 0 amide bonds. The molecule has 0 spiro atoms. The predicted octanol–water partition coefficient (Wildman–Crippen LogP) is 3.54. The molecule has 3 nitrogen and oxygen atoms in total. The van der Waals surface area contributed by atoms with Crippen LogP contribution >= 0.6 is 11.3 Å². The summed E-state index contributed by atoms with van der Waals surface area (Å²) in [6.07, 6.45) is 0. The Kier molecular flexibility index (Phi) is 4.44. The normalized spacial score (nSPS) is 12.4. The van der Waals surface area contributed by atoms with Crippen molar-refractivity contribution in [3.8, 4) is 11.3 Å². The summed E-state index contributed by atoms with van der Waals surface area (Å²) in [6, 6.07) is 3.43. The first kappa shape index (κ1) is 13.9. The third-order valence-electron chi connectivity index (χ3n) is 2.50. The highest BCUT2D eigenvalue weighted by Gasteiger charge is 2.11. The maximum absolute atomic E-state index is 13.6. The van der Waals surface area contributed by atoms with E-state index in [0.717, 1.165) is 18.2 Å². The van der Waals surface area contributed by atoms with Crippen molar-refractivity contribution in [3.05, 3.63) is 35.2 Å². The van der Waals surface area contributed by atoms with Crippen molar-refractivity contribution in [1.82, 2.24) is 4.98 Å². The van der Waals surface area contributed by atoms with E-state index in [1.165, 1.54) is 11.3 Å². The highest BCUT2D eigenvalue weighted by Crippen LogP contribution is 2.27. The third kappa shape index (κ3) is 3.48. The van der Waals surface area contributed by atoms with Crippen molar-refractivity contribution in [1.29, 1.82) is 0 Å². The molecule has 0 aliphatic heterocycles. The molecule has 0 radical (unpaired) electrons. The fourth-order valence-electron chi connectivity index (χ4n) is 1.66. The molecule has 102 valence electrons. The van der Waals surface area contributed by atoms with E-state index >= 15 is 0 Å². The van der Waals surface area contributed by atoms with E-state index in [-0.39, 0.29) is 11.6 Å². The van der Waals surface area contributed by atoms with Crippen LogP contribution in [0.2, 0.25) is 0 Å². The zero-order valence-electron chi connectivity index (χ0n) is 10.6. The molecule has 1 aromatic heterocycles. The molecule has 19 heavy (non-hydrogen) atoms. The number of rotatable bonds is 5. The quantitative estimate of drug-likeness (QED) is 0.912.